The van der Waals surface area contributed by atoms with Gasteiger partial charge in [-0.25, -0.2) is 19.3 Å². The second kappa shape index (κ2) is 8.49. The Hall–Kier alpha value is -3.85. The Morgan fingerprint density at radius 1 is 1.26 bits per heavy atom. The molecule has 2 aromatic carbocycles. The topological polar surface area (TPSA) is 104 Å². The zero-order valence-corrected chi connectivity index (χ0v) is 19.2. The number of fused-ring (bicyclic) bond motifs is 1. The maximum absolute atomic E-state index is 13.4. The maximum Gasteiger partial charge on any atom is 0.416 e. The number of ether oxygens (including phenoxy) is 1. The number of aromatic amines is 1. The predicted octanol–water partition coefficient (Wildman–Crippen LogP) is 4.41. The van der Waals surface area contributed by atoms with E-state index < -0.39 is 29.4 Å². The molecule has 34 heavy (non-hydrogen) atoms. The number of hydrogen-bond donors (Lipinski definition) is 1. The molecule has 0 unspecified atom stereocenters. The lowest BCUT2D eigenvalue weighted by Crippen LogP contribution is -2.37. The fourth-order valence-electron chi connectivity index (χ4n) is 3.90. The monoisotopic (exact) mass is 533 g/mol. The van der Waals surface area contributed by atoms with E-state index in [1.54, 1.807) is 6.07 Å². The first kappa shape index (κ1) is 23.3. The fourth-order valence-corrected chi connectivity index (χ4v) is 4.49. The summed E-state index contributed by atoms with van der Waals surface area (Å²) in [6, 6.07) is 10.1. The average Bonchev–Trinajstić information content (AvgIpc) is 3.18. The van der Waals surface area contributed by atoms with Crippen LogP contribution < -0.4 is 10.6 Å². The van der Waals surface area contributed by atoms with Gasteiger partial charge in [-0.15, -0.1) is 5.10 Å². The fraction of sp³-hybridized carbons (Fsp3) is 0.182. The van der Waals surface area contributed by atoms with Crippen molar-refractivity contribution in [2.45, 2.75) is 19.1 Å². The highest BCUT2D eigenvalue weighted by atomic mass is 79.9. The number of hydrogen-bond acceptors (Lipinski definition) is 6. The number of allylic oxidation sites excluding steroid dienone is 1. The molecule has 0 fully saturated rings. The van der Waals surface area contributed by atoms with Gasteiger partial charge in [0.05, 0.1) is 29.9 Å². The molecule has 0 saturated carbocycles. The summed E-state index contributed by atoms with van der Waals surface area (Å²) in [6.07, 6.45) is -4.60. The Labute approximate surface area is 199 Å². The SMILES string of the molecule is COC(=O)C1=C(C)N(c2cccc(C(F)(F)F)c2)c2n[nH]c(=O)n2[C@@H]1c1ccc(C#N)cc1Br. The number of nitrogens with zero attached hydrogens (tertiary/aromatic N) is 4. The number of benzene rings is 2. The Kier molecular flexibility index (Phi) is 5.82. The van der Waals surface area contributed by atoms with Gasteiger partial charge in [0.1, 0.15) is 6.04 Å². The molecular weight excluding hydrogens is 519 g/mol. The van der Waals surface area contributed by atoms with Crippen molar-refractivity contribution < 1.29 is 22.7 Å². The van der Waals surface area contributed by atoms with Crippen LogP contribution in [0.15, 0.2) is 63.0 Å². The van der Waals surface area contributed by atoms with Gasteiger partial charge >= 0.3 is 17.8 Å². The van der Waals surface area contributed by atoms with Crippen LogP contribution in [-0.4, -0.2) is 27.8 Å². The number of esters is 1. The number of H-pyrrole nitrogens is 1. The van der Waals surface area contributed by atoms with Crippen molar-refractivity contribution in [3.63, 3.8) is 0 Å². The first-order valence-corrected chi connectivity index (χ1v) is 10.5. The lowest BCUT2D eigenvalue weighted by Gasteiger charge is -2.35. The molecule has 0 saturated heterocycles. The zero-order valence-electron chi connectivity index (χ0n) is 17.6. The normalized spacial score (nSPS) is 15.7. The van der Waals surface area contributed by atoms with Gasteiger partial charge in [0.25, 0.3) is 0 Å². The van der Waals surface area contributed by atoms with E-state index in [9.17, 15) is 28.0 Å². The number of aromatic nitrogens is 3. The minimum Gasteiger partial charge on any atom is -0.466 e. The van der Waals surface area contributed by atoms with E-state index in [-0.39, 0.29) is 22.9 Å². The Morgan fingerprint density at radius 3 is 2.62 bits per heavy atom. The number of nitriles is 1. The summed E-state index contributed by atoms with van der Waals surface area (Å²) >= 11 is 3.39. The molecule has 1 N–H and O–H groups in total. The molecule has 1 atom stereocenters. The van der Waals surface area contributed by atoms with Crippen LogP contribution in [0.5, 0.6) is 0 Å². The second-order valence-corrected chi connectivity index (χ2v) is 8.18. The van der Waals surface area contributed by atoms with Crippen molar-refractivity contribution in [2.75, 3.05) is 12.0 Å². The molecule has 0 radical (unpaired) electrons. The molecule has 0 bridgehead atoms. The molecule has 8 nitrogen and oxygen atoms in total. The number of nitrogens with one attached hydrogen (secondary N) is 1. The molecule has 0 spiro atoms. The first-order valence-electron chi connectivity index (χ1n) is 9.71. The molecule has 2 heterocycles. The van der Waals surface area contributed by atoms with Crippen LogP contribution in [-0.2, 0) is 15.7 Å². The molecule has 12 heteroatoms. The number of carbonyl (C=O) groups excluding carboxylic acids is 1. The number of alkyl halides is 3. The third-order valence-corrected chi connectivity index (χ3v) is 6.09. The molecular formula is C22H15BrF3N5O3. The van der Waals surface area contributed by atoms with Gasteiger partial charge in [-0.3, -0.25) is 4.90 Å². The van der Waals surface area contributed by atoms with Crippen LogP contribution in [0.4, 0.5) is 24.8 Å². The summed E-state index contributed by atoms with van der Waals surface area (Å²) < 4.78 is 46.7. The van der Waals surface area contributed by atoms with Crippen LogP contribution in [0.25, 0.3) is 0 Å². The molecule has 1 aliphatic heterocycles. The van der Waals surface area contributed by atoms with E-state index in [0.29, 0.717) is 15.6 Å². The van der Waals surface area contributed by atoms with Crippen molar-refractivity contribution in [1.82, 2.24) is 14.8 Å². The van der Waals surface area contributed by atoms with Crippen LogP contribution >= 0.6 is 15.9 Å². The van der Waals surface area contributed by atoms with E-state index >= 15 is 0 Å². The highest BCUT2D eigenvalue weighted by Crippen LogP contribution is 2.44. The van der Waals surface area contributed by atoms with Gasteiger partial charge < -0.3 is 4.74 Å². The Bertz CT molecular complexity index is 1430. The number of halogens is 4. The maximum atomic E-state index is 13.4. The van der Waals surface area contributed by atoms with Gasteiger partial charge in [-0.05, 0) is 42.8 Å². The summed E-state index contributed by atoms with van der Waals surface area (Å²) in [5.74, 6) is -0.801. The summed E-state index contributed by atoms with van der Waals surface area (Å²) in [5.41, 5.74) is -0.517. The Morgan fingerprint density at radius 2 is 2.00 bits per heavy atom. The highest BCUT2D eigenvalue weighted by Gasteiger charge is 2.40. The molecule has 4 rings (SSSR count). The first-order chi connectivity index (χ1) is 16.1. The number of rotatable bonds is 3. The van der Waals surface area contributed by atoms with E-state index in [4.69, 9.17) is 4.74 Å². The van der Waals surface area contributed by atoms with Gasteiger partial charge in [0, 0.05) is 15.9 Å². The van der Waals surface area contributed by atoms with Crippen molar-refractivity contribution in [3.8, 4) is 6.07 Å². The molecule has 174 valence electrons. The van der Waals surface area contributed by atoms with Crippen LogP contribution in [0.1, 0.15) is 29.7 Å². The smallest absolute Gasteiger partial charge is 0.416 e. The standard InChI is InChI=1S/C22H15BrF3N5O3/c1-11-17(19(32)34-2)18(15-7-6-12(10-27)8-16(15)23)31-20(28-29-21(31)33)30(11)14-5-3-4-13(9-14)22(24,25)26/h3-9,18H,1-2H3,(H,29,33)/t18-/m1/s1. The number of methoxy groups -OCH3 is 1. The van der Waals surface area contributed by atoms with Crippen molar-refractivity contribution in [3.05, 3.63) is 85.4 Å². The molecule has 1 aromatic heterocycles. The lowest BCUT2D eigenvalue weighted by molar-refractivity contribution is -0.138. The second-order valence-electron chi connectivity index (χ2n) is 7.32. The van der Waals surface area contributed by atoms with E-state index in [0.717, 1.165) is 23.8 Å². The van der Waals surface area contributed by atoms with E-state index in [2.05, 4.69) is 26.1 Å². The lowest BCUT2D eigenvalue weighted by atomic mass is 9.93. The minimum absolute atomic E-state index is 0.0151. The van der Waals surface area contributed by atoms with Crippen LogP contribution in [0.2, 0.25) is 0 Å². The zero-order chi connectivity index (χ0) is 24.8. The number of anilines is 2. The van der Waals surface area contributed by atoms with Gasteiger partial charge in [0.2, 0.25) is 5.95 Å². The molecule has 0 aliphatic carbocycles. The molecule has 0 amide bonds. The quantitative estimate of drug-likeness (QED) is 0.500. The molecule has 3 aromatic rings. The third kappa shape index (κ3) is 3.77. The number of carbonyl (C=O) groups is 1. The Balaban J connectivity index is 2.02. The average molecular weight is 534 g/mol. The van der Waals surface area contributed by atoms with Crippen molar-refractivity contribution >= 4 is 33.5 Å². The van der Waals surface area contributed by atoms with Gasteiger partial charge in [0.15, 0.2) is 0 Å². The summed E-state index contributed by atoms with van der Waals surface area (Å²) in [4.78, 5) is 27.1. The summed E-state index contributed by atoms with van der Waals surface area (Å²) in [6.45, 7) is 1.53. The van der Waals surface area contributed by atoms with E-state index in [1.807, 2.05) is 6.07 Å². The van der Waals surface area contributed by atoms with Crippen LogP contribution in [0, 0.1) is 11.3 Å². The predicted molar refractivity (Wildman–Crippen MR) is 118 cm³/mol. The van der Waals surface area contributed by atoms with E-state index in [1.165, 1.54) is 36.1 Å². The van der Waals surface area contributed by atoms with Crippen molar-refractivity contribution in [1.29, 1.82) is 5.26 Å². The highest BCUT2D eigenvalue weighted by molar-refractivity contribution is 9.10. The largest absolute Gasteiger partial charge is 0.466 e. The van der Waals surface area contributed by atoms with Crippen molar-refractivity contribution in [2.24, 2.45) is 0 Å². The van der Waals surface area contributed by atoms with Crippen LogP contribution in [0.3, 0.4) is 0 Å². The van der Waals surface area contributed by atoms with Gasteiger partial charge in [-0.1, -0.05) is 28.1 Å². The van der Waals surface area contributed by atoms with Gasteiger partial charge in [-0.2, -0.15) is 18.4 Å². The minimum atomic E-state index is -4.60. The summed E-state index contributed by atoms with van der Waals surface area (Å²) in [7, 11) is 1.16. The molecule has 1 aliphatic rings. The third-order valence-electron chi connectivity index (χ3n) is 5.40. The summed E-state index contributed by atoms with van der Waals surface area (Å²) in [5, 5.41) is 15.5.